The smallest absolute Gasteiger partial charge is 0.560 e. The molecular weight excluding hydrogens is 225 g/mol. The zero-order valence-electron chi connectivity index (χ0n) is 8.19. The van der Waals surface area contributed by atoms with Gasteiger partial charge < -0.3 is 5.14 Å². The zero-order chi connectivity index (χ0) is 9.90. The van der Waals surface area contributed by atoms with Gasteiger partial charge in [-0.15, -0.1) is 0 Å². The number of benzene rings is 1. The summed E-state index contributed by atoms with van der Waals surface area (Å²) in [5.74, 6) is 0. The Morgan fingerprint density at radius 2 is 2.00 bits per heavy atom. The van der Waals surface area contributed by atoms with E-state index in [2.05, 4.69) is 0 Å². The molecule has 3 nitrogen and oxygen atoms in total. The normalized spacial score (nSPS) is 11.3. The summed E-state index contributed by atoms with van der Waals surface area (Å²) in [7, 11) is -3.77. The van der Waals surface area contributed by atoms with Crippen molar-refractivity contribution in [3.8, 4) is 0 Å². The van der Waals surface area contributed by atoms with Crippen molar-refractivity contribution in [2.24, 2.45) is 0 Å². The molecule has 1 aromatic carbocycles. The average molecular weight is 235 g/mol. The summed E-state index contributed by atoms with van der Waals surface area (Å²) in [5.41, 5.74) is 1.85. The van der Waals surface area contributed by atoms with Gasteiger partial charge in [0.1, 0.15) is 0 Å². The first-order chi connectivity index (χ1) is 5.97. The van der Waals surface area contributed by atoms with Gasteiger partial charge in [-0.3, -0.25) is 0 Å². The maximum absolute atomic E-state index is 10.5. The van der Waals surface area contributed by atoms with Gasteiger partial charge in [0.05, 0.1) is 10.0 Å². The van der Waals surface area contributed by atoms with E-state index in [1.165, 1.54) is 6.08 Å². The molecule has 1 N–H and O–H groups in total. The van der Waals surface area contributed by atoms with Crippen LogP contribution in [0.3, 0.4) is 0 Å². The minimum Gasteiger partial charge on any atom is -0.560 e. The van der Waals surface area contributed by atoms with E-state index in [4.69, 9.17) is 5.14 Å². The van der Waals surface area contributed by atoms with Gasteiger partial charge in [-0.2, -0.15) is 0 Å². The molecule has 0 saturated heterocycles. The fourth-order valence-electron chi connectivity index (χ4n) is 0.942. The van der Waals surface area contributed by atoms with E-state index in [0.29, 0.717) is 0 Å². The maximum atomic E-state index is 10.5. The zero-order valence-corrected chi connectivity index (χ0v) is 12.1. The van der Waals surface area contributed by atoms with Crippen molar-refractivity contribution in [2.45, 2.75) is 6.92 Å². The minimum absolute atomic E-state index is 0. The van der Waals surface area contributed by atoms with E-state index >= 15 is 0 Å². The Balaban J connectivity index is 0.00000169. The van der Waals surface area contributed by atoms with Crippen LogP contribution in [0.1, 0.15) is 11.1 Å². The van der Waals surface area contributed by atoms with Crippen molar-refractivity contribution in [3.05, 3.63) is 45.9 Å². The predicted molar refractivity (Wildman–Crippen MR) is 53.5 cm³/mol. The number of rotatable bonds is 2. The summed E-state index contributed by atoms with van der Waals surface area (Å²) >= 11 is 0. The van der Waals surface area contributed by atoms with Crippen LogP contribution < -0.4 is 51.4 Å². The third-order valence-corrected chi connectivity index (χ3v) is 1.98. The second kappa shape index (κ2) is 6.17. The summed E-state index contributed by atoms with van der Waals surface area (Å²) < 4.78 is 20.9. The summed E-state index contributed by atoms with van der Waals surface area (Å²) in [6, 6.07) is 7.40. The van der Waals surface area contributed by atoms with Crippen LogP contribution in [-0.2, 0) is 10.0 Å². The molecule has 0 aliphatic rings. The number of hydrogen-bond donors (Lipinski definition) is 0. The number of nitrogens with one attached hydrogen (secondary N) is 1. The van der Waals surface area contributed by atoms with Crippen LogP contribution >= 0.6 is 0 Å². The molecule has 0 heterocycles. The fraction of sp³-hybridized carbons (Fsp3) is 0.111. The van der Waals surface area contributed by atoms with E-state index in [0.717, 1.165) is 16.5 Å². The Hall–Kier alpha value is 0.506. The molecule has 0 amide bonds. The van der Waals surface area contributed by atoms with Crippen LogP contribution in [-0.4, -0.2) is 8.42 Å². The minimum atomic E-state index is -3.77. The van der Waals surface area contributed by atoms with Gasteiger partial charge in [-0.05, 0) is 18.6 Å². The van der Waals surface area contributed by atoms with Gasteiger partial charge in [0.2, 0.25) is 0 Å². The molecule has 0 radical (unpaired) electrons. The van der Waals surface area contributed by atoms with Gasteiger partial charge in [-0.25, -0.2) is 8.42 Å². The number of hydrogen-bond acceptors (Lipinski definition) is 2. The second-order valence-corrected chi connectivity index (χ2v) is 4.12. The van der Waals surface area contributed by atoms with Crippen molar-refractivity contribution in [2.75, 3.05) is 0 Å². The molecule has 0 bridgehead atoms. The van der Waals surface area contributed by atoms with Crippen molar-refractivity contribution in [1.29, 1.82) is 0 Å². The molecule has 1 aromatic rings. The molecule has 1 rings (SSSR count). The first-order valence-electron chi connectivity index (χ1n) is 3.72. The first-order valence-corrected chi connectivity index (χ1v) is 5.26. The summed E-state index contributed by atoms with van der Waals surface area (Å²) in [4.78, 5) is 0. The third-order valence-electron chi connectivity index (χ3n) is 1.48. The molecular formula is C9H10KNO2S. The Morgan fingerprint density at radius 1 is 1.36 bits per heavy atom. The summed E-state index contributed by atoms with van der Waals surface area (Å²) in [5, 5.41) is 7.50. The topological polar surface area (TPSA) is 57.9 Å². The van der Waals surface area contributed by atoms with Crippen molar-refractivity contribution >= 4 is 16.1 Å². The molecule has 70 valence electrons. The van der Waals surface area contributed by atoms with Crippen LogP contribution in [0.15, 0.2) is 29.7 Å². The maximum Gasteiger partial charge on any atom is 1.00 e. The molecule has 0 atom stereocenters. The van der Waals surface area contributed by atoms with Crippen molar-refractivity contribution in [1.82, 2.24) is 0 Å². The van der Waals surface area contributed by atoms with Crippen molar-refractivity contribution in [3.63, 3.8) is 0 Å². The average Bonchev–Trinajstić information content (AvgIpc) is 2.00. The van der Waals surface area contributed by atoms with Crippen LogP contribution in [0.25, 0.3) is 11.2 Å². The van der Waals surface area contributed by atoms with Gasteiger partial charge in [0.15, 0.2) is 0 Å². The summed E-state index contributed by atoms with van der Waals surface area (Å²) in [6.07, 6.45) is 1.41. The fourth-order valence-corrected chi connectivity index (χ4v) is 1.28. The monoisotopic (exact) mass is 235 g/mol. The molecule has 0 aromatic heterocycles. The van der Waals surface area contributed by atoms with E-state index in [1.807, 2.05) is 25.1 Å². The largest absolute Gasteiger partial charge is 1.00 e. The molecule has 0 aliphatic heterocycles. The van der Waals surface area contributed by atoms with Gasteiger partial charge in [-0.1, -0.05) is 29.8 Å². The Labute approximate surface area is 127 Å². The molecule has 0 spiro atoms. The van der Waals surface area contributed by atoms with E-state index in [-0.39, 0.29) is 51.4 Å². The number of sulfonamides is 1. The van der Waals surface area contributed by atoms with Gasteiger partial charge in [0.25, 0.3) is 0 Å². The predicted octanol–water partition coefficient (Wildman–Crippen LogP) is -0.648. The molecule has 0 aliphatic carbocycles. The molecule has 0 saturated carbocycles. The SMILES string of the molecule is Cc1cccc(/C=C/S([NH-])(=O)=O)c1.[K+]. The molecule has 5 heteroatoms. The van der Waals surface area contributed by atoms with E-state index in [1.54, 1.807) is 6.07 Å². The van der Waals surface area contributed by atoms with Crippen LogP contribution in [0.5, 0.6) is 0 Å². The quantitative estimate of drug-likeness (QED) is 0.640. The molecule has 0 unspecified atom stereocenters. The van der Waals surface area contributed by atoms with Crippen LogP contribution in [0.2, 0.25) is 0 Å². The Kier molecular flexibility index (Phi) is 6.39. The van der Waals surface area contributed by atoms with E-state index < -0.39 is 10.0 Å². The third kappa shape index (κ3) is 6.08. The van der Waals surface area contributed by atoms with E-state index in [9.17, 15) is 8.42 Å². The van der Waals surface area contributed by atoms with Gasteiger partial charge in [0, 0.05) is 5.41 Å². The van der Waals surface area contributed by atoms with Gasteiger partial charge >= 0.3 is 51.4 Å². The van der Waals surface area contributed by atoms with Crippen LogP contribution in [0.4, 0.5) is 0 Å². The van der Waals surface area contributed by atoms with Crippen molar-refractivity contribution < 1.29 is 59.8 Å². The summed E-state index contributed by atoms with van der Waals surface area (Å²) in [6.45, 7) is 1.92. The Morgan fingerprint density at radius 3 is 2.50 bits per heavy atom. The second-order valence-electron chi connectivity index (χ2n) is 2.76. The first kappa shape index (κ1) is 14.5. The molecule has 14 heavy (non-hydrogen) atoms. The standard InChI is InChI=1S/C9H10NO2S.K/c1-8-3-2-4-9(7-8)5-6-13(10,11)12;/h2-7H,1H3,(H-,10,11,12);/q-1;+1/b6-5+;. The Bertz CT molecular complexity index is 426. The number of aryl methyl sites for hydroxylation is 1. The van der Waals surface area contributed by atoms with Crippen LogP contribution in [0, 0.1) is 6.92 Å². The molecule has 0 fully saturated rings.